The molecule has 7 atom stereocenters. The van der Waals surface area contributed by atoms with Crippen molar-refractivity contribution in [3.63, 3.8) is 0 Å². The van der Waals surface area contributed by atoms with Gasteiger partial charge in [0.15, 0.2) is 6.29 Å². The van der Waals surface area contributed by atoms with Crippen LogP contribution in [0.4, 0.5) is 0 Å². The zero-order valence-corrected chi connectivity index (χ0v) is 38.6. The summed E-state index contributed by atoms with van der Waals surface area (Å²) in [5.74, 6) is -0.198. The molecule has 1 fully saturated rings. The van der Waals surface area contributed by atoms with E-state index in [1.165, 1.54) is 38.5 Å². The number of unbranched alkanes of at least 4 members (excludes halogenated alkanes) is 12. The van der Waals surface area contributed by atoms with Crippen molar-refractivity contribution in [1.29, 1.82) is 0 Å². The van der Waals surface area contributed by atoms with Crippen molar-refractivity contribution in [3.05, 3.63) is 109 Å². The van der Waals surface area contributed by atoms with E-state index in [1.54, 1.807) is 6.08 Å². The summed E-state index contributed by atoms with van der Waals surface area (Å²) >= 11 is 0. The van der Waals surface area contributed by atoms with Crippen LogP contribution in [0.2, 0.25) is 0 Å². The second-order valence-corrected chi connectivity index (χ2v) is 16.2. The summed E-state index contributed by atoms with van der Waals surface area (Å²) < 4.78 is 11.1. The van der Waals surface area contributed by atoms with Crippen LogP contribution in [0.1, 0.15) is 162 Å². The van der Waals surface area contributed by atoms with Crippen LogP contribution in [0.3, 0.4) is 0 Å². The van der Waals surface area contributed by atoms with Crippen LogP contribution >= 0.6 is 0 Å². The predicted octanol–water partition coefficient (Wildman–Crippen LogP) is 10.7. The Kier molecular flexibility index (Phi) is 38.4. The van der Waals surface area contributed by atoms with Gasteiger partial charge in [0.25, 0.3) is 0 Å². The van der Waals surface area contributed by atoms with Crippen LogP contribution in [-0.4, -0.2) is 87.5 Å². The van der Waals surface area contributed by atoms with E-state index < -0.39 is 49.5 Å². The molecule has 0 bridgehead atoms. The van der Waals surface area contributed by atoms with Crippen molar-refractivity contribution in [2.45, 2.75) is 204 Å². The SMILES string of the molecule is CC/C=C\C/C=C\C/C=C\C/C=C\C/C=C\C/C=C\C/C=C\C/C=C\CCCCCCCCCCCCC(=O)NC(COC1OC(CO)C(O)C(O)C1O)C(O)/C=C/CCCC. The Bertz CT molecular complexity index is 1330. The minimum Gasteiger partial charge on any atom is -0.394 e. The number of carbonyl (C=O) groups excluding carboxylic acids is 1. The average molecular weight is 866 g/mol. The van der Waals surface area contributed by atoms with Gasteiger partial charge in [-0.1, -0.05) is 187 Å². The number of carbonyl (C=O) groups is 1. The number of aliphatic hydroxyl groups is 5. The first-order valence-corrected chi connectivity index (χ1v) is 24.1. The van der Waals surface area contributed by atoms with E-state index in [0.717, 1.165) is 103 Å². The Morgan fingerprint density at radius 3 is 1.47 bits per heavy atom. The molecule has 1 aliphatic rings. The molecule has 9 nitrogen and oxygen atoms in total. The van der Waals surface area contributed by atoms with Crippen molar-refractivity contribution in [2.75, 3.05) is 13.2 Å². The van der Waals surface area contributed by atoms with Crippen molar-refractivity contribution < 1.29 is 39.8 Å². The molecule has 1 saturated heterocycles. The Labute approximate surface area is 376 Å². The molecule has 0 aromatic rings. The third-order valence-corrected chi connectivity index (χ3v) is 10.6. The van der Waals surface area contributed by atoms with E-state index in [9.17, 15) is 30.3 Å². The summed E-state index contributed by atoms with van der Waals surface area (Å²) in [6.45, 7) is 3.47. The molecule has 0 aromatic heterocycles. The van der Waals surface area contributed by atoms with Crippen molar-refractivity contribution in [3.8, 4) is 0 Å². The lowest BCUT2D eigenvalue weighted by molar-refractivity contribution is -0.302. The Morgan fingerprint density at radius 1 is 0.565 bits per heavy atom. The fraction of sp³-hybridized carbons (Fsp3) is 0.642. The highest BCUT2D eigenvalue weighted by molar-refractivity contribution is 5.76. The van der Waals surface area contributed by atoms with Gasteiger partial charge in [0.1, 0.15) is 24.4 Å². The van der Waals surface area contributed by atoms with Crippen molar-refractivity contribution >= 4 is 5.91 Å². The molecule has 0 spiro atoms. The number of rotatable bonds is 38. The molecule has 7 unspecified atom stereocenters. The van der Waals surface area contributed by atoms with Crippen LogP contribution in [-0.2, 0) is 14.3 Å². The maximum atomic E-state index is 12.8. The molecule has 1 aliphatic heterocycles. The molecule has 0 aromatic carbocycles. The lowest BCUT2D eigenvalue weighted by Crippen LogP contribution is -2.60. The maximum absolute atomic E-state index is 12.8. The van der Waals surface area contributed by atoms with E-state index >= 15 is 0 Å². The number of ether oxygens (including phenoxy) is 2. The third-order valence-electron chi connectivity index (χ3n) is 10.6. The van der Waals surface area contributed by atoms with Gasteiger partial charge >= 0.3 is 0 Å². The quantitative estimate of drug-likeness (QED) is 0.0265. The largest absolute Gasteiger partial charge is 0.394 e. The molecule has 6 N–H and O–H groups in total. The highest BCUT2D eigenvalue weighted by Gasteiger charge is 2.44. The van der Waals surface area contributed by atoms with Gasteiger partial charge in [-0.2, -0.15) is 0 Å². The minimum atomic E-state index is -1.57. The monoisotopic (exact) mass is 866 g/mol. The van der Waals surface area contributed by atoms with Crippen molar-refractivity contribution in [1.82, 2.24) is 5.32 Å². The molecule has 1 rings (SSSR count). The first kappa shape index (κ1) is 56.9. The molecule has 1 heterocycles. The Morgan fingerprint density at radius 2 is 1.00 bits per heavy atom. The van der Waals surface area contributed by atoms with Gasteiger partial charge in [-0.05, 0) is 77.0 Å². The standard InChI is InChI=1S/C53H87NO8/c1-3-5-7-9-10-11-12-13-14-15-16-17-18-19-20-21-22-23-24-25-26-27-28-29-30-31-32-33-34-35-36-37-38-39-41-43-49(57)54-46(47(56)42-40-8-6-4-2)45-61-53-52(60)51(59)50(58)48(44-55)62-53/h5,7,10-11,13-14,16-17,19-20,22-23,25-26,28-29,40,42,46-48,50-53,55-56,58-60H,3-4,6,8-9,12,15,18,21,24,27,30-39,41,43-45H2,1-2H3,(H,54,57)/b7-5-,11-10-,14-13-,17-16-,20-19-,23-22-,26-25-,29-28-,42-40+. The molecular formula is C53H87NO8. The first-order valence-electron chi connectivity index (χ1n) is 24.1. The summed E-state index contributed by atoms with van der Waals surface area (Å²) in [7, 11) is 0. The fourth-order valence-corrected chi connectivity index (χ4v) is 6.74. The lowest BCUT2D eigenvalue weighted by Gasteiger charge is -2.40. The van der Waals surface area contributed by atoms with Gasteiger partial charge in [0.2, 0.25) is 5.91 Å². The molecule has 62 heavy (non-hydrogen) atoms. The summed E-state index contributed by atoms with van der Waals surface area (Å²) in [6, 6.07) is -0.809. The van der Waals surface area contributed by atoms with Gasteiger partial charge in [-0.3, -0.25) is 4.79 Å². The summed E-state index contributed by atoms with van der Waals surface area (Å²) in [5, 5.41) is 53.6. The molecule has 1 amide bonds. The van der Waals surface area contributed by atoms with E-state index in [2.05, 4.69) is 116 Å². The molecule has 0 aliphatic carbocycles. The molecule has 9 heteroatoms. The first-order chi connectivity index (χ1) is 30.3. The molecule has 0 radical (unpaired) electrons. The second-order valence-electron chi connectivity index (χ2n) is 16.2. The second kappa shape index (κ2) is 41.8. The predicted molar refractivity (Wildman–Crippen MR) is 257 cm³/mol. The summed E-state index contributed by atoms with van der Waals surface area (Å²) in [5.41, 5.74) is 0. The van der Waals surface area contributed by atoms with Gasteiger partial charge in [-0.25, -0.2) is 0 Å². The lowest BCUT2D eigenvalue weighted by atomic mass is 9.99. The summed E-state index contributed by atoms with van der Waals surface area (Å²) in [6.07, 6.45) is 55.1. The highest BCUT2D eigenvalue weighted by Crippen LogP contribution is 2.22. The van der Waals surface area contributed by atoms with Crippen LogP contribution in [0.25, 0.3) is 0 Å². The normalized spacial score (nSPS) is 21.3. The van der Waals surface area contributed by atoms with Gasteiger partial charge in [0.05, 0.1) is 25.4 Å². The van der Waals surface area contributed by atoms with Crippen LogP contribution < -0.4 is 5.32 Å². The maximum Gasteiger partial charge on any atom is 0.220 e. The number of hydrogen-bond donors (Lipinski definition) is 6. The number of allylic oxidation sites excluding steroid dienone is 17. The van der Waals surface area contributed by atoms with Gasteiger partial charge in [0, 0.05) is 6.42 Å². The van der Waals surface area contributed by atoms with Crippen LogP contribution in [0.5, 0.6) is 0 Å². The third kappa shape index (κ3) is 31.7. The molecular weight excluding hydrogens is 779 g/mol. The molecule has 352 valence electrons. The van der Waals surface area contributed by atoms with Crippen LogP contribution in [0, 0.1) is 0 Å². The zero-order valence-electron chi connectivity index (χ0n) is 38.6. The zero-order chi connectivity index (χ0) is 45.1. The molecule has 0 saturated carbocycles. The number of nitrogens with one attached hydrogen (secondary N) is 1. The minimum absolute atomic E-state index is 0.198. The fourth-order valence-electron chi connectivity index (χ4n) is 6.74. The van der Waals surface area contributed by atoms with Gasteiger partial charge in [-0.15, -0.1) is 0 Å². The van der Waals surface area contributed by atoms with E-state index in [0.29, 0.717) is 6.42 Å². The number of hydrogen-bond acceptors (Lipinski definition) is 8. The van der Waals surface area contributed by atoms with E-state index in [1.807, 2.05) is 6.08 Å². The number of aliphatic hydroxyl groups excluding tert-OH is 5. The Hall–Kier alpha value is -3.15. The highest BCUT2D eigenvalue weighted by atomic mass is 16.7. The number of amides is 1. The van der Waals surface area contributed by atoms with Crippen LogP contribution in [0.15, 0.2) is 109 Å². The summed E-state index contributed by atoms with van der Waals surface area (Å²) in [4.78, 5) is 12.8. The van der Waals surface area contributed by atoms with Crippen molar-refractivity contribution in [2.24, 2.45) is 0 Å². The topological polar surface area (TPSA) is 149 Å². The smallest absolute Gasteiger partial charge is 0.220 e. The van der Waals surface area contributed by atoms with Gasteiger partial charge < -0.3 is 40.3 Å². The Balaban J connectivity index is 2.07. The van der Waals surface area contributed by atoms with E-state index in [-0.39, 0.29) is 12.5 Å². The average Bonchev–Trinajstić information content (AvgIpc) is 3.27. The van der Waals surface area contributed by atoms with E-state index in [4.69, 9.17) is 9.47 Å².